The number of likely N-dealkylation sites (tertiary alicyclic amines) is 1. The molecule has 2 unspecified atom stereocenters. The van der Waals surface area contributed by atoms with Crippen molar-refractivity contribution in [2.75, 3.05) is 6.54 Å². The maximum atomic E-state index is 13.2. The molecule has 1 aliphatic rings. The largest absolute Gasteiger partial charge is 0.411 e. The predicted molar refractivity (Wildman–Crippen MR) is 111 cm³/mol. The smallest absolute Gasteiger partial charge is 0.277 e. The summed E-state index contributed by atoms with van der Waals surface area (Å²) < 4.78 is 5.93. The molecule has 0 bridgehead atoms. The van der Waals surface area contributed by atoms with Gasteiger partial charge in [0.05, 0.1) is 10.8 Å². The van der Waals surface area contributed by atoms with Gasteiger partial charge in [0.2, 0.25) is 5.91 Å². The van der Waals surface area contributed by atoms with E-state index in [9.17, 15) is 4.79 Å². The van der Waals surface area contributed by atoms with Crippen LogP contribution in [0, 0.1) is 5.92 Å². The molecule has 1 saturated heterocycles. The molecule has 0 aliphatic carbocycles. The Kier molecular flexibility index (Phi) is 5.44. The van der Waals surface area contributed by atoms with E-state index in [4.69, 9.17) is 4.42 Å². The molecule has 0 radical (unpaired) electrons. The number of carbonyl (C=O) groups excluding carboxylic acids is 1. The number of fused-ring (bicyclic) bond motifs is 1. The normalized spacial score (nSPS) is 18.7. The number of nitrogens with one attached hydrogen (secondary N) is 1. The molecule has 3 aromatic rings. The first-order valence-corrected chi connectivity index (χ1v) is 10.8. The number of amides is 1. The standard InChI is InChI=1S/C21H26N4O2S/c1-13(2)18(20(26)25-11-7-6-8-14(25)3)28-21-24-23-19(27-21)16-12-22-17-10-5-4-9-15(16)17/h4-5,9-10,12-14,18,22H,6-8,11H2,1-3H3. The SMILES string of the molecule is CC(C)C(Sc1nnc(-c2c[nH]c3ccccc23)o1)C(=O)N1CCCCC1C. The van der Waals surface area contributed by atoms with Crippen molar-refractivity contribution < 1.29 is 9.21 Å². The summed E-state index contributed by atoms with van der Waals surface area (Å²) in [6.45, 7) is 7.12. The lowest BCUT2D eigenvalue weighted by Crippen LogP contribution is -2.47. The van der Waals surface area contributed by atoms with Crippen LogP contribution >= 0.6 is 11.8 Å². The molecule has 1 amide bonds. The zero-order valence-electron chi connectivity index (χ0n) is 16.5. The second-order valence-corrected chi connectivity index (χ2v) is 8.87. The van der Waals surface area contributed by atoms with Crippen LogP contribution < -0.4 is 0 Å². The van der Waals surface area contributed by atoms with E-state index in [0.29, 0.717) is 17.2 Å². The van der Waals surface area contributed by atoms with Gasteiger partial charge in [-0.05, 0) is 38.2 Å². The Bertz CT molecular complexity index is 964. The van der Waals surface area contributed by atoms with E-state index in [2.05, 4.69) is 36.0 Å². The summed E-state index contributed by atoms with van der Waals surface area (Å²) in [5.74, 6) is 0.829. The lowest BCUT2D eigenvalue weighted by molar-refractivity contribution is -0.134. The highest BCUT2D eigenvalue weighted by Crippen LogP contribution is 2.34. The summed E-state index contributed by atoms with van der Waals surface area (Å²) in [6.07, 6.45) is 5.23. The molecule has 2 aromatic heterocycles. The number of benzene rings is 1. The van der Waals surface area contributed by atoms with Crippen LogP contribution in [-0.4, -0.2) is 43.8 Å². The number of H-pyrrole nitrogens is 1. The minimum absolute atomic E-state index is 0.176. The van der Waals surface area contributed by atoms with Crippen LogP contribution in [0.15, 0.2) is 40.1 Å². The maximum absolute atomic E-state index is 13.2. The van der Waals surface area contributed by atoms with Gasteiger partial charge in [0.15, 0.2) is 0 Å². The Morgan fingerprint density at radius 1 is 1.29 bits per heavy atom. The van der Waals surface area contributed by atoms with Gasteiger partial charge >= 0.3 is 0 Å². The molecule has 3 heterocycles. The molecular formula is C21H26N4O2S. The summed E-state index contributed by atoms with van der Waals surface area (Å²) in [6, 6.07) is 8.30. The number of piperidine rings is 1. The molecule has 0 spiro atoms. The Hall–Kier alpha value is -2.28. The van der Waals surface area contributed by atoms with Crippen LogP contribution in [0.3, 0.4) is 0 Å². The highest BCUT2D eigenvalue weighted by molar-refractivity contribution is 8.00. The summed E-state index contributed by atoms with van der Waals surface area (Å²) in [5, 5.41) is 9.69. The average Bonchev–Trinajstić information content (AvgIpc) is 3.32. The zero-order chi connectivity index (χ0) is 19.7. The Morgan fingerprint density at radius 2 is 2.11 bits per heavy atom. The molecule has 28 heavy (non-hydrogen) atoms. The first-order chi connectivity index (χ1) is 13.5. The molecule has 148 valence electrons. The number of nitrogens with zero attached hydrogens (tertiary/aromatic N) is 3. The monoisotopic (exact) mass is 398 g/mol. The fourth-order valence-corrected chi connectivity index (χ4v) is 4.72. The minimum atomic E-state index is -0.225. The van der Waals surface area contributed by atoms with Gasteiger partial charge in [-0.25, -0.2) is 0 Å². The third kappa shape index (κ3) is 3.68. The summed E-state index contributed by atoms with van der Waals surface area (Å²) >= 11 is 1.38. The maximum Gasteiger partial charge on any atom is 0.277 e. The third-order valence-electron chi connectivity index (χ3n) is 5.39. The minimum Gasteiger partial charge on any atom is -0.411 e. The van der Waals surface area contributed by atoms with E-state index >= 15 is 0 Å². The Balaban J connectivity index is 1.55. The van der Waals surface area contributed by atoms with Gasteiger partial charge in [0, 0.05) is 29.7 Å². The molecule has 1 N–H and O–H groups in total. The number of carbonyl (C=O) groups is 1. The highest BCUT2D eigenvalue weighted by Gasteiger charge is 2.33. The number of aromatic amines is 1. The number of thioether (sulfide) groups is 1. The van der Waals surface area contributed by atoms with Crippen molar-refractivity contribution in [3.63, 3.8) is 0 Å². The van der Waals surface area contributed by atoms with Crippen LogP contribution in [0.4, 0.5) is 0 Å². The van der Waals surface area contributed by atoms with Crippen LogP contribution in [0.5, 0.6) is 0 Å². The molecule has 0 saturated carbocycles. The quantitative estimate of drug-likeness (QED) is 0.629. The van der Waals surface area contributed by atoms with E-state index < -0.39 is 0 Å². The number of hydrogen-bond acceptors (Lipinski definition) is 5. The summed E-state index contributed by atoms with van der Waals surface area (Å²) in [7, 11) is 0. The summed E-state index contributed by atoms with van der Waals surface area (Å²) in [4.78, 5) is 18.4. The van der Waals surface area contributed by atoms with Crippen molar-refractivity contribution in [1.82, 2.24) is 20.1 Å². The second kappa shape index (κ2) is 7.99. The number of hydrogen-bond donors (Lipinski definition) is 1. The molecule has 7 heteroatoms. The van der Waals surface area contributed by atoms with Crippen LogP contribution in [0.1, 0.15) is 40.0 Å². The van der Waals surface area contributed by atoms with Gasteiger partial charge in [0.25, 0.3) is 11.1 Å². The molecular weight excluding hydrogens is 372 g/mol. The lowest BCUT2D eigenvalue weighted by atomic mass is 10.0. The van der Waals surface area contributed by atoms with Crippen molar-refractivity contribution >= 4 is 28.6 Å². The number of para-hydroxylation sites is 1. The molecule has 1 aromatic carbocycles. The van der Waals surface area contributed by atoms with E-state index in [1.165, 1.54) is 18.2 Å². The van der Waals surface area contributed by atoms with Gasteiger partial charge in [-0.15, -0.1) is 10.2 Å². The van der Waals surface area contributed by atoms with Crippen LogP contribution in [0.2, 0.25) is 0 Å². The number of aromatic nitrogens is 3. The second-order valence-electron chi connectivity index (χ2n) is 7.78. The fourth-order valence-electron chi connectivity index (χ4n) is 3.78. The van der Waals surface area contributed by atoms with Gasteiger partial charge < -0.3 is 14.3 Å². The Labute approximate surface area is 169 Å². The van der Waals surface area contributed by atoms with E-state index in [-0.39, 0.29) is 17.1 Å². The van der Waals surface area contributed by atoms with Gasteiger partial charge in [-0.1, -0.05) is 43.8 Å². The first-order valence-electron chi connectivity index (χ1n) is 9.91. The Morgan fingerprint density at radius 3 is 2.89 bits per heavy atom. The predicted octanol–water partition coefficient (Wildman–Crippen LogP) is 4.74. The molecule has 4 rings (SSSR count). The molecule has 6 nitrogen and oxygen atoms in total. The highest BCUT2D eigenvalue weighted by atomic mass is 32.2. The van der Waals surface area contributed by atoms with Crippen molar-refractivity contribution in [3.8, 4) is 11.5 Å². The molecule has 1 aliphatic heterocycles. The first kappa shape index (κ1) is 19.1. The molecule has 1 fully saturated rings. The number of rotatable bonds is 5. The van der Waals surface area contributed by atoms with Crippen molar-refractivity contribution in [2.45, 2.75) is 56.5 Å². The van der Waals surface area contributed by atoms with Crippen LogP contribution in [-0.2, 0) is 4.79 Å². The van der Waals surface area contributed by atoms with Crippen LogP contribution in [0.25, 0.3) is 22.4 Å². The van der Waals surface area contributed by atoms with Crippen molar-refractivity contribution in [3.05, 3.63) is 30.5 Å². The zero-order valence-corrected chi connectivity index (χ0v) is 17.3. The van der Waals surface area contributed by atoms with Gasteiger partial charge in [-0.3, -0.25) is 4.79 Å². The third-order valence-corrected chi connectivity index (χ3v) is 6.76. The fraction of sp³-hybridized carbons (Fsp3) is 0.476. The topological polar surface area (TPSA) is 75.0 Å². The molecule has 2 atom stereocenters. The lowest BCUT2D eigenvalue weighted by Gasteiger charge is -2.36. The van der Waals surface area contributed by atoms with E-state index in [0.717, 1.165) is 35.9 Å². The van der Waals surface area contributed by atoms with Gasteiger partial charge in [0.1, 0.15) is 0 Å². The van der Waals surface area contributed by atoms with Crippen molar-refractivity contribution in [1.29, 1.82) is 0 Å². The van der Waals surface area contributed by atoms with E-state index in [1.54, 1.807) is 0 Å². The van der Waals surface area contributed by atoms with Gasteiger partial charge in [-0.2, -0.15) is 0 Å². The summed E-state index contributed by atoms with van der Waals surface area (Å²) in [5.41, 5.74) is 1.91. The average molecular weight is 399 g/mol. The van der Waals surface area contributed by atoms with Crippen molar-refractivity contribution in [2.24, 2.45) is 5.92 Å². The van der Waals surface area contributed by atoms with E-state index in [1.807, 2.05) is 35.4 Å².